The molecule has 7 nitrogen and oxygen atoms in total. The molecule has 0 spiro atoms. The molecule has 0 aliphatic rings. The van der Waals surface area contributed by atoms with Crippen LogP contribution in [0.25, 0.3) is 11.4 Å². The number of hydrogen-bond acceptors (Lipinski definition) is 5. The molecule has 3 rings (SSSR count). The minimum absolute atomic E-state index is 0.0202. The van der Waals surface area contributed by atoms with Crippen LogP contribution in [0.5, 0.6) is 5.75 Å². The van der Waals surface area contributed by atoms with Gasteiger partial charge in [0.25, 0.3) is 0 Å². The number of carbonyl (C=O) groups is 1. The van der Waals surface area contributed by atoms with Gasteiger partial charge in [0, 0.05) is 19.2 Å². The fourth-order valence-electron chi connectivity index (χ4n) is 2.99. The number of nitrogens with one attached hydrogen (secondary N) is 1. The molecule has 0 radical (unpaired) electrons. The van der Waals surface area contributed by atoms with E-state index in [1.807, 2.05) is 32.0 Å². The van der Waals surface area contributed by atoms with Crippen LogP contribution in [0.15, 0.2) is 36.4 Å². The van der Waals surface area contributed by atoms with Crippen LogP contribution in [0.4, 0.5) is 0 Å². The van der Waals surface area contributed by atoms with E-state index in [4.69, 9.17) is 0 Å². The van der Waals surface area contributed by atoms with Crippen molar-refractivity contribution in [3.05, 3.63) is 58.7 Å². The second kappa shape index (κ2) is 7.35. The Bertz CT molecular complexity index is 898. The predicted molar refractivity (Wildman–Crippen MR) is 97.4 cm³/mol. The number of aromatic amines is 1. The Balaban J connectivity index is 1.74. The Kier molecular flexibility index (Phi) is 4.97. The summed E-state index contributed by atoms with van der Waals surface area (Å²) in [6, 6.07) is 10.9. The number of likely N-dealkylation sites (N-methyl/N-ethyl adjacent to an activating group) is 1. The Morgan fingerprint density at radius 1 is 1.19 bits per heavy atom. The molecule has 2 N–H and O–H groups in total. The average Bonchev–Trinajstić information content (AvgIpc) is 3.12. The van der Waals surface area contributed by atoms with E-state index in [-0.39, 0.29) is 11.7 Å². The molecule has 0 saturated carbocycles. The first kappa shape index (κ1) is 17.6. The summed E-state index contributed by atoms with van der Waals surface area (Å²) in [6.07, 6.45) is 0.319. The van der Waals surface area contributed by atoms with E-state index in [1.54, 1.807) is 30.1 Å². The van der Waals surface area contributed by atoms with Crippen molar-refractivity contribution in [2.24, 2.45) is 0 Å². The molecule has 26 heavy (non-hydrogen) atoms. The fourth-order valence-corrected chi connectivity index (χ4v) is 2.99. The lowest BCUT2D eigenvalue weighted by atomic mass is 9.96. The van der Waals surface area contributed by atoms with Crippen molar-refractivity contribution in [1.82, 2.24) is 25.5 Å². The lowest BCUT2D eigenvalue weighted by molar-refractivity contribution is -0.129. The fraction of sp³-hybridized carbons (Fsp3) is 0.263. The van der Waals surface area contributed by atoms with E-state index in [1.165, 1.54) is 0 Å². The maximum atomic E-state index is 12.6. The molecule has 0 bridgehead atoms. The van der Waals surface area contributed by atoms with Crippen molar-refractivity contribution < 1.29 is 9.90 Å². The standard InChI is InChI=1S/C19H21N5O2/c1-12-7-15(19-20-22-23-21-19)8-13(2)17(12)10-18(26)24(3)11-14-5-4-6-16(25)9-14/h4-9,25H,10-11H2,1-3H3,(H,20,21,22,23). The monoisotopic (exact) mass is 351 g/mol. The van der Waals surface area contributed by atoms with Gasteiger partial charge in [-0.05, 0) is 65.6 Å². The number of phenolic OH excluding ortho intramolecular Hbond substituents is 1. The highest BCUT2D eigenvalue weighted by atomic mass is 16.3. The molecule has 3 aromatic rings. The molecule has 0 saturated heterocycles. The number of H-pyrrole nitrogens is 1. The molecule has 2 aromatic carbocycles. The molecule has 0 aliphatic carbocycles. The number of aryl methyl sites for hydroxylation is 2. The molecule has 1 aromatic heterocycles. The Morgan fingerprint density at radius 2 is 1.92 bits per heavy atom. The number of hydrogen-bond donors (Lipinski definition) is 2. The molecule has 0 aliphatic heterocycles. The normalized spacial score (nSPS) is 10.7. The van der Waals surface area contributed by atoms with Gasteiger partial charge >= 0.3 is 0 Å². The summed E-state index contributed by atoms with van der Waals surface area (Å²) < 4.78 is 0. The van der Waals surface area contributed by atoms with Crippen LogP contribution in [0.1, 0.15) is 22.3 Å². The summed E-state index contributed by atoms with van der Waals surface area (Å²) in [5, 5.41) is 23.6. The van der Waals surface area contributed by atoms with Gasteiger partial charge in [0.05, 0.1) is 6.42 Å². The zero-order chi connectivity index (χ0) is 18.7. The number of rotatable bonds is 5. The average molecular weight is 351 g/mol. The summed E-state index contributed by atoms with van der Waals surface area (Å²) in [7, 11) is 1.77. The SMILES string of the molecule is Cc1cc(-c2nn[nH]n2)cc(C)c1CC(=O)N(C)Cc1cccc(O)c1. The highest BCUT2D eigenvalue weighted by molar-refractivity contribution is 5.79. The third-order valence-electron chi connectivity index (χ3n) is 4.38. The summed E-state index contributed by atoms with van der Waals surface area (Å²) in [5.74, 6) is 0.758. The lowest BCUT2D eigenvalue weighted by Gasteiger charge is -2.19. The topological polar surface area (TPSA) is 95.0 Å². The Hall–Kier alpha value is -3.22. The van der Waals surface area contributed by atoms with E-state index >= 15 is 0 Å². The summed E-state index contributed by atoms with van der Waals surface area (Å²) in [6.45, 7) is 4.41. The quantitative estimate of drug-likeness (QED) is 0.736. The van der Waals surface area contributed by atoms with Gasteiger partial charge in [-0.1, -0.05) is 12.1 Å². The van der Waals surface area contributed by atoms with Gasteiger partial charge < -0.3 is 10.0 Å². The third-order valence-corrected chi connectivity index (χ3v) is 4.38. The first-order valence-electron chi connectivity index (χ1n) is 8.30. The van der Waals surface area contributed by atoms with Crippen LogP contribution >= 0.6 is 0 Å². The van der Waals surface area contributed by atoms with Gasteiger partial charge in [-0.3, -0.25) is 4.79 Å². The van der Waals surface area contributed by atoms with Crippen LogP contribution in [-0.2, 0) is 17.8 Å². The predicted octanol–water partition coefficient (Wildman–Crippen LogP) is 2.39. The van der Waals surface area contributed by atoms with Crippen LogP contribution in [0.3, 0.4) is 0 Å². The van der Waals surface area contributed by atoms with E-state index in [9.17, 15) is 9.90 Å². The molecular formula is C19H21N5O2. The lowest BCUT2D eigenvalue weighted by Crippen LogP contribution is -2.28. The molecule has 0 fully saturated rings. The van der Waals surface area contributed by atoms with Crippen molar-refractivity contribution >= 4 is 5.91 Å². The van der Waals surface area contributed by atoms with E-state index in [0.29, 0.717) is 18.8 Å². The minimum atomic E-state index is 0.0202. The van der Waals surface area contributed by atoms with Crippen molar-refractivity contribution in [2.45, 2.75) is 26.8 Å². The number of amides is 1. The summed E-state index contributed by atoms with van der Waals surface area (Å²) >= 11 is 0. The van der Waals surface area contributed by atoms with Gasteiger partial charge in [0.15, 0.2) is 0 Å². The van der Waals surface area contributed by atoms with Gasteiger partial charge in [0.2, 0.25) is 11.7 Å². The van der Waals surface area contributed by atoms with Crippen molar-refractivity contribution in [1.29, 1.82) is 0 Å². The second-order valence-corrected chi connectivity index (χ2v) is 6.42. The number of aromatic nitrogens is 4. The van der Waals surface area contributed by atoms with Gasteiger partial charge in [-0.25, -0.2) is 0 Å². The molecule has 0 atom stereocenters. The largest absolute Gasteiger partial charge is 0.508 e. The van der Waals surface area contributed by atoms with Crippen LogP contribution in [0.2, 0.25) is 0 Å². The molecular weight excluding hydrogens is 330 g/mol. The van der Waals surface area contributed by atoms with Crippen LogP contribution in [0, 0.1) is 13.8 Å². The Morgan fingerprint density at radius 3 is 2.54 bits per heavy atom. The maximum Gasteiger partial charge on any atom is 0.227 e. The third kappa shape index (κ3) is 3.88. The van der Waals surface area contributed by atoms with E-state index < -0.39 is 0 Å². The smallest absolute Gasteiger partial charge is 0.227 e. The summed E-state index contributed by atoms with van der Waals surface area (Å²) in [5.41, 5.74) is 4.80. The van der Waals surface area contributed by atoms with Crippen molar-refractivity contribution in [2.75, 3.05) is 7.05 Å². The van der Waals surface area contributed by atoms with Gasteiger partial charge in [-0.2, -0.15) is 5.21 Å². The number of nitrogens with zero attached hydrogens (tertiary/aromatic N) is 4. The van der Waals surface area contributed by atoms with Crippen LogP contribution in [-0.4, -0.2) is 43.6 Å². The molecule has 134 valence electrons. The zero-order valence-electron chi connectivity index (χ0n) is 15.0. The molecule has 7 heteroatoms. The van der Waals surface area contributed by atoms with Gasteiger partial charge in [0.1, 0.15) is 5.75 Å². The van der Waals surface area contributed by atoms with E-state index in [0.717, 1.165) is 27.8 Å². The first-order valence-corrected chi connectivity index (χ1v) is 8.30. The second-order valence-electron chi connectivity index (χ2n) is 6.42. The Labute approximate surface area is 151 Å². The minimum Gasteiger partial charge on any atom is -0.508 e. The van der Waals surface area contributed by atoms with E-state index in [2.05, 4.69) is 20.6 Å². The number of phenols is 1. The number of carbonyl (C=O) groups excluding carboxylic acids is 1. The first-order chi connectivity index (χ1) is 12.4. The van der Waals surface area contributed by atoms with Crippen molar-refractivity contribution in [3.8, 4) is 17.1 Å². The summed E-state index contributed by atoms with van der Waals surface area (Å²) in [4.78, 5) is 14.3. The van der Waals surface area contributed by atoms with Gasteiger partial charge in [-0.15, -0.1) is 10.2 Å². The zero-order valence-corrected chi connectivity index (χ0v) is 15.0. The van der Waals surface area contributed by atoms with Crippen LogP contribution < -0.4 is 0 Å². The number of benzene rings is 2. The molecule has 1 amide bonds. The maximum absolute atomic E-state index is 12.6. The molecule has 1 heterocycles. The van der Waals surface area contributed by atoms with Crippen molar-refractivity contribution in [3.63, 3.8) is 0 Å². The highest BCUT2D eigenvalue weighted by Crippen LogP contribution is 2.23. The molecule has 0 unspecified atom stereocenters. The highest BCUT2D eigenvalue weighted by Gasteiger charge is 2.15. The number of aromatic hydroxyl groups is 1. The number of tetrazole rings is 1.